The highest BCUT2D eigenvalue weighted by atomic mass is 32.1. The number of aryl methyl sites for hydroxylation is 1. The summed E-state index contributed by atoms with van der Waals surface area (Å²) in [4.78, 5) is 16.9. The van der Waals surface area contributed by atoms with Crippen molar-refractivity contribution >= 4 is 17.2 Å². The molecular formula is C14H22N2OS. The number of piperidine rings is 1. The van der Waals surface area contributed by atoms with E-state index in [0.29, 0.717) is 0 Å². The molecule has 0 spiro atoms. The van der Waals surface area contributed by atoms with E-state index in [1.807, 2.05) is 11.9 Å². The molecule has 1 aliphatic heterocycles. The molecular weight excluding hydrogens is 244 g/mol. The zero-order valence-corrected chi connectivity index (χ0v) is 12.2. The molecule has 0 saturated carbocycles. The highest BCUT2D eigenvalue weighted by Gasteiger charge is 2.27. The number of carbonyl (C=O) groups excluding carboxylic acids is 1. The predicted octanol–water partition coefficient (Wildman–Crippen LogP) is 2.58. The Hall–Kier alpha value is -0.870. The first-order chi connectivity index (χ1) is 8.59. The van der Waals surface area contributed by atoms with E-state index in [1.165, 1.54) is 9.75 Å². The zero-order valence-electron chi connectivity index (χ0n) is 11.4. The molecule has 1 N–H and O–H groups in total. The molecule has 2 atom stereocenters. The van der Waals surface area contributed by atoms with E-state index in [0.717, 1.165) is 25.9 Å². The van der Waals surface area contributed by atoms with Crippen LogP contribution in [-0.2, 0) is 4.79 Å². The van der Waals surface area contributed by atoms with Crippen molar-refractivity contribution in [1.29, 1.82) is 0 Å². The quantitative estimate of drug-likeness (QED) is 0.912. The van der Waals surface area contributed by atoms with Gasteiger partial charge in [-0.2, -0.15) is 0 Å². The Morgan fingerprint density at radius 1 is 1.56 bits per heavy atom. The fourth-order valence-electron chi connectivity index (χ4n) is 2.41. The molecule has 1 aliphatic rings. The number of hydrogen-bond donors (Lipinski definition) is 1. The molecule has 1 aromatic rings. The summed E-state index contributed by atoms with van der Waals surface area (Å²) in [5.74, 6) is 0.438. The van der Waals surface area contributed by atoms with Gasteiger partial charge in [-0.1, -0.05) is 0 Å². The third kappa shape index (κ3) is 2.93. The molecule has 1 unspecified atom stereocenters. The van der Waals surface area contributed by atoms with Crippen molar-refractivity contribution < 1.29 is 4.79 Å². The third-order valence-corrected chi connectivity index (χ3v) is 4.92. The molecule has 1 amide bonds. The van der Waals surface area contributed by atoms with Gasteiger partial charge in [0.15, 0.2) is 0 Å². The van der Waals surface area contributed by atoms with Gasteiger partial charge in [-0.3, -0.25) is 4.79 Å². The van der Waals surface area contributed by atoms with Gasteiger partial charge >= 0.3 is 0 Å². The van der Waals surface area contributed by atoms with Crippen molar-refractivity contribution in [3.63, 3.8) is 0 Å². The van der Waals surface area contributed by atoms with Crippen LogP contribution in [0.2, 0.25) is 0 Å². The summed E-state index contributed by atoms with van der Waals surface area (Å²) in [5.41, 5.74) is 0. The second kappa shape index (κ2) is 5.85. The Labute approximate surface area is 113 Å². The summed E-state index contributed by atoms with van der Waals surface area (Å²) >= 11 is 1.78. The summed E-state index contributed by atoms with van der Waals surface area (Å²) in [6.07, 6.45) is 2.13. The molecule has 1 saturated heterocycles. The average Bonchev–Trinajstić information content (AvgIpc) is 2.84. The lowest BCUT2D eigenvalue weighted by atomic mass is 9.97. The van der Waals surface area contributed by atoms with E-state index in [9.17, 15) is 4.79 Å². The number of amides is 1. The molecule has 0 aromatic carbocycles. The van der Waals surface area contributed by atoms with Crippen LogP contribution in [0.15, 0.2) is 12.1 Å². The smallest absolute Gasteiger partial charge is 0.227 e. The van der Waals surface area contributed by atoms with Crippen LogP contribution in [0.1, 0.15) is 35.6 Å². The highest BCUT2D eigenvalue weighted by Crippen LogP contribution is 2.28. The third-order valence-electron chi connectivity index (χ3n) is 3.75. The summed E-state index contributed by atoms with van der Waals surface area (Å²) < 4.78 is 0. The fourth-order valence-corrected chi connectivity index (χ4v) is 3.38. The van der Waals surface area contributed by atoms with Crippen molar-refractivity contribution in [3.05, 3.63) is 21.9 Å². The summed E-state index contributed by atoms with van der Waals surface area (Å²) in [5, 5.41) is 3.31. The Morgan fingerprint density at radius 3 is 2.89 bits per heavy atom. The maximum absolute atomic E-state index is 12.4. The van der Waals surface area contributed by atoms with Crippen molar-refractivity contribution in [1.82, 2.24) is 10.2 Å². The van der Waals surface area contributed by atoms with E-state index in [-0.39, 0.29) is 17.9 Å². The van der Waals surface area contributed by atoms with Gasteiger partial charge in [-0.15, -0.1) is 11.3 Å². The summed E-state index contributed by atoms with van der Waals surface area (Å²) in [6.45, 7) is 6.10. The Bertz CT molecular complexity index is 410. The number of nitrogens with one attached hydrogen (secondary N) is 1. The summed E-state index contributed by atoms with van der Waals surface area (Å²) in [6, 6.07) is 4.43. The number of thiophene rings is 1. The van der Waals surface area contributed by atoms with Gasteiger partial charge < -0.3 is 10.2 Å². The molecule has 1 aromatic heterocycles. The van der Waals surface area contributed by atoms with Crippen molar-refractivity contribution in [2.75, 3.05) is 20.1 Å². The van der Waals surface area contributed by atoms with Crippen LogP contribution in [0.5, 0.6) is 0 Å². The molecule has 0 radical (unpaired) electrons. The van der Waals surface area contributed by atoms with Gasteiger partial charge in [0.1, 0.15) is 0 Å². The van der Waals surface area contributed by atoms with E-state index in [2.05, 4.69) is 31.3 Å². The van der Waals surface area contributed by atoms with Crippen LogP contribution in [0, 0.1) is 12.8 Å². The zero-order chi connectivity index (χ0) is 13.1. The van der Waals surface area contributed by atoms with Crippen LogP contribution in [0.3, 0.4) is 0 Å². The minimum atomic E-state index is 0.159. The first-order valence-corrected chi connectivity index (χ1v) is 7.45. The standard InChI is InChI=1S/C14H22N2OS/c1-10-6-7-13(18-10)11(2)16(3)14(17)12-5-4-8-15-9-12/h6-7,11-12,15H,4-5,8-9H2,1-3H3/t11?,12-/m1/s1. The van der Waals surface area contributed by atoms with Crippen LogP contribution in [-0.4, -0.2) is 30.9 Å². The number of carbonyl (C=O) groups is 1. The van der Waals surface area contributed by atoms with Gasteiger partial charge in [-0.25, -0.2) is 0 Å². The maximum atomic E-state index is 12.4. The molecule has 0 aliphatic carbocycles. The van der Waals surface area contributed by atoms with Crippen LogP contribution in [0.4, 0.5) is 0 Å². The molecule has 3 nitrogen and oxygen atoms in total. The molecule has 2 heterocycles. The van der Waals surface area contributed by atoms with E-state index < -0.39 is 0 Å². The van der Waals surface area contributed by atoms with Gasteiger partial charge in [0.2, 0.25) is 5.91 Å². The van der Waals surface area contributed by atoms with Gasteiger partial charge in [0, 0.05) is 23.3 Å². The molecule has 100 valence electrons. The minimum Gasteiger partial charge on any atom is -0.338 e. The van der Waals surface area contributed by atoms with Gasteiger partial charge in [0.05, 0.1) is 12.0 Å². The van der Waals surface area contributed by atoms with Gasteiger partial charge in [0.25, 0.3) is 0 Å². The molecule has 4 heteroatoms. The molecule has 0 bridgehead atoms. The van der Waals surface area contributed by atoms with Crippen LogP contribution < -0.4 is 5.32 Å². The van der Waals surface area contributed by atoms with E-state index in [4.69, 9.17) is 0 Å². The second-order valence-corrected chi connectivity index (χ2v) is 6.44. The van der Waals surface area contributed by atoms with Crippen molar-refractivity contribution in [2.24, 2.45) is 5.92 Å². The first kappa shape index (κ1) is 13.6. The highest BCUT2D eigenvalue weighted by molar-refractivity contribution is 7.12. The topological polar surface area (TPSA) is 32.3 Å². The van der Waals surface area contributed by atoms with Crippen molar-refractivity contribution in [3.8, 4) is 0 Å². The van der Waals surface area contributed by atoms with Gasteiger partial charge in [-0.05, 0) is 45.4 Å². The molecule has 2 rings (SSSR count). The number of hydrogen-bond acceptors (Lipinski definition) is 3. The Kier molecular flexibility index (Phi) is 4.40. The first-order valence-electron chi connectivity index (χ1n) is 6.63. The largest absolute Gasteiger partial charge is 0.338 e. The normalized spacial score (nSPS) is 21.6. The van der Waals surface area contributed by atoms with E-state index in [1.54, 1.807) is 11.3 Å². The van der Waals surface area contributed by atoms with E-state index >= 15 is 0 Å². The molecule has 18 heavy (non-hydrogen) atoms. The van der Waals surface area contributed by atoms with Crippen molar-refractivity contribution in [2.45, 2.75) is 32.7 Å². The lowest BCUT2D eigenvalue weighted by Crippen LogP contribution is -2.42. The average molecular weight is 266 g/mol. The fraction of sp³-hybridized carbons (Fsp3) is 0.643. The number of nitrogens with zero attached hydrogens (tertiary/aromatic N) is 1. The monoisotopic (exact) mass is 266 g/mol. The maximum Gasteiger partial charge on any atom is 0.227 e. The Morgan fingerprint density at radius 2 is 2.33 bits per heavy atom. The molecule has 1 fully saturated rings. The number of rotatable bonds is 3. The Balaban J connectivity index is 2.01. The lowest BCUT2D eigenvalue weighted by Gasteiger charge is -2.30. The summed E-state index contributed by atoms with van der Waals surface area (Å²) in [7, 11) is 1.93. The predicted molar refractivity (Wildman–Crippen MR) is 75.8 cm³/mol. The lowest BCUT2D eigenvalue weighted by molar-refractivity contribution is -0.136. The van der Waals surface area contributed by atoms with Crippen LogP contribution in [0.25, 0.3) is 0 Å². The second-order valence-electron chi connectivity index (χ2n) is 5.12. The minimum absolute atomic E-state index is 0.159. The SMILES string of the molecule is Cc1ccc(C(C)N(C)C(=O)[C@@H]2CCCNC2)s1. The van der Waals surface area contributed by atoms with Crippen LogP contribution >= 0.6 is 11.3 Å².